The molecule has 7 heteroatoms. The Morgan fingerprint density at radius 3 is 2.91 bits per heavy atom. The maximum Gasteiger partial charge on any atom is 0.387 e. The second kappa shape index (κ2) is 5.59. The lowest BCUT2D eigenvalue weighted by atomic mass is 10.0. The Bertz CT molecular complexity index is 844. The van der Waals surface area contributed by atoms with E-state index >= 15 is 0 Å². The van der Waals surface area contributed by atoms with Gasteiger partial charge < -0.3 is 13.9 Å². The Morgan fingerprint density at radius 2 is 2.18 bits per heavy atom. The lowest BCUT2D eigenvalue weighted by Crippen LogP contribution is -2.06. The number of nitrogens with zero attached hydrogens (tertiary/aromatic N) is 1. The third kappa shape index (κ3) is 2.45. The number of aromatic nitrogens is 1. The molecule has 0 bridgehead atoms. The molecule has 0 amide bonds. The summed E-state index contributed by atoms with van der Waals surface area (Å²) in [5.41, 5.74) is 1.22. The van der Waals surface area contributed by atoms with E-state index in [0.717, 1.165) is 0 Å². The van der Waals surface area contributed by atoms with Gasteiger partial charge in [-0.05, 0) is 17.7 Å². The minimum Gasteiger partial charge on any atom is -0.469 e. The molecule has 2 aromatic heterocycles. The van der Waals surface area contributed by atoms with E-state index in [2.05, 4.69) is 14.5 Å². The number of alkyl halides is 2. The molecule has 114 valence electrons. The van der Waals surface area contributed by atoms with Gasteiger partial charge in [-0.1, -0.05) is 6.07 Å². The summed E-state index contributed by atoms with van der Waals surface area (Å²) in [5.74, 6) is -0.531. The first-order chi connectivity index (χ1) is 10.6. The maximum absolute atomic E-state index is 12.5. The van der Waals surface area contributed by atoms with Gasteiger partial charge in [0.2, 0.25) is 0 Å². The Balaban J connectivity index is 2.26. The number of hydrogen-bond acceptors (Lipinski definition) is 5. The normalized spacial score (nSPS) is 11.3. The third-order valence-corrected chi connectivity index (χ3v) is 3.25. The van der Waals surface area contributed by atoms with Gasteiger partial charge in [0.1, 0.15) is 5.58 Å². The van der Waals surface area contributed by atoms with Gasteiger partial charge in [-0.3, -0.25) is 9.78 Å². The number of halogens is 2. The predicted molar refractivity (Wildman–Crippen MR) is 73.9 cm³/mol. The molecule has 0 N–H and O–H groups in total. The zero-order valence-corrected chi connectivity index (χ0v) is 11.5. The lowest BCUT2D eigenvalue weighted by Gasteiger charge is -2.07. The molecular formula is C15H11F2NO4. The van der Waals surface area contributed by atoms with Crippen LogP contribution in [0.1, 0.15) is 5.56 Å². The number of carbonyl (C=O) groups is 1. The SMILES string of the molecule is COC(=O)Cc1ccc(OC(F)F)c2oc3ccncc3c12. The van der Waals surface area contributed by atoms with Crippen LogP contribution in [0.2, 0.25) is 0 Å². The van der Waals surface area contributed by atoms with Crippen LogP contribution in [0.5, 0.6) is 5.75 Å². The van der Waals surface area contributed by atoms with Gasteiger partial charge in [-0.2, -0.15) is 8.78 Å². The molecule has 5 nitrogen and oxygen atoms in total. The van der Waals surface area contributed by atoms with Crippen LogP contribution in [-0.4, -0.2) is 24.7 Å². The summed E-state index contributed by atoms with van der Waals surface area (Å²) in [6.45, 7) is -2.97. The third-order valence-electron chi connectivity index (χ3n) is 3.25. The minimum atomic E-state index is -2.97. The van der Waals surface area contributed by atoms with Crippen LogP contribution in [0.25, 0.3) is 21.9 Å². The molecule has 1 aromatic carbocycles. The maximum atomic E-state index is 12.5. The number of furan rings is 1. The molecule has 0 fully saturated rings. The molecule has 2 heterocycles. The van der Waals surface area contributed by atoms with Crippen molar-refractivity contribution >= 4 is 27.9 Å². The average Bonchev–Trinajstić information content (AvgIpc) is 2.89. The van der Waals surface area contributed by atoms with Crippen LogP contribution in [0.4, 0.5) is 8.78 Å². The van der Waals surface area contributed by atoms with Gasteiger partial charge in [0.25, 0.3) is 0 Å². The largest absolute Gasteiger partial charge is 0.469 e. The number of fused-ring (bicyclic) bond motifs is 3. The first-order valence-corrected chi connectivity index (χ1v) is 6.40. The Morgan fingerprint density at radius 1 is 1.36 bits per heavy atom. The summed E-state index contributed by atoms with van der Waals surface area (Å²) in [4.78, 5) is 15.5. The molecule has 0 radical (unpaired) electrons. The highest BCUT2D eigenvalue weighted by Crippen LogP contribution is 2.37. The number of esters is 1. The fraction of sp³-hybridized carbons (Fsp3) is 0.200. The fourth-order valence-electron chi connectivity index (χ4n) is 2.33. The van der Waals surface area contributed by atoms with Crippen LogP contribution in [0.3, 0.4) is 0 Å². The van der Waals surface area contributed by atoms with E-state index in [1.807, 2.05) is 0 Å². The van der Waals surface area contributed by atoms with Crippen molar-refractivity contribution in [3.63, 3.8) is 0 Å². The highest BCUT2D eigenvalue weighted by atomic mass is 19.3. The van der Waals surface area contributed by atoms with Crippen LogP contribution >= 0.6 is 0 Å². The van der Waals surface area contributed by atoms with E-state index in [0.29, 0.717) is 21.9 Å². The second-order valence-electron chi connectivity index (χ2n) is 4.53. The summed E-state index contributed by atoms with van der Waals surface area (Å²) in [5, 5.41) is 1.14. The topological polar surface area (TPSA) is 61.6 Å². The number of carbonyl (C=O) groups excluding carboxylic acids is 1. The van der Waals surface area contributed by atoms with E-state index in [9.17, 15) is 13.6 Å². The molecule has 0 saturated heterocycles. The van der Waals surface area contributed by atoms with Crippen molar-refractivity contribution in [2.75, 3.05) is 7.11 Å². The fourth-order valence-corrected chi connectivity index (χ4v) is 2.33. The smallest absolute Gasteiger partial charge is 0.387 e. The number of hydrogen-bond donors (Lipinski definition) is 0. The molecule has 0 aliphatic rings. The van der Waals surface area contributed by atoms with Crippen molar-refractivity contribution in [2.24, 2.45) is 0 Å². The van der Waals surface area contributed by atoms with Crippen molar-refractivity contribution in [3.05, 3.63) is 36.2 Å². The quantitative estimate of drug-likeness (QED) is 0.692. The molecule has 0 unspecified atom stereocenters. The number of methoxy groups -OCH3 is 1. The number of benzene rings is 1. The highest BCUT2D eigenvalue weighted by molar-refractivity contribution is 6.09. The van der Waals surface area contributed by atoms with Gasteiger partial charge in [0.05, 0.1) is 13.5 Å². The molecule has 0 atom stereocenters. The first kappa shape index (κ1) is 14.2. The van der Waals surface area contributed by atoms with E-state index in [4.69, 9.17) is 4.42 Å². The monoisotopic (exact) mass is 307 g/mol. The van der Waals surface area contributed by atoms with Crippen molar-refractivity contribution in [1.29, 1.82) is 0 Å². The van der Waals surface area contributed by atoms with Crippen molar-refractivity contribution in [1.82, 2.24) is 4.98 Å². The molecule has 0 aliphatic carbocycles. The Hall–Kier alpha value is -2.70. The van der Waals surface area contributed by atoms with Crippen molar-refractivity contribution in [2.45, 2.75) is 13.0 Å². The summed E-state index contributed by atoms with van der Waals surface area (Å²) < 4.78 is 39.8. The summed E-state index contributed by atoms with van der Waals surface area (Å²) >= 11 is 0. The molecular weight excluding hydrogens is 296 g/mol. The first-order valence-electron chi connectivity index (χ1n) is 6.40. The summed E-state index contributed by atoms with van der Waals surface area (Å²) in [7, 11) is 1.28. The van der Waals surface area contributed by atoms with Gasteiger partial charge >= 0.3 is 12.6 Å². The zero-order chi connectivity index (χ0) is 15.7. The summed E-state index contributed by atoms with van der Waals surface area (Å²) in [6.07, 6.45) is 3.07. The van der Waals surface area contributed by atoms with Crippen LogP contribution in [0.15, 0.2) is 35.0 Å². The van der Waals surface area contributed by atoms with E-state index in [1.165, 1.54) is 19.4 Å². The van der Waals surface area contributed by atoms with Crippen LogP contribution in [-0.2, 0) is 16.0 Å². The number of pyridine rings is 1. The lowest BCUT2D eigenvalue weighted by molar-refractivity contribution is -0.139. The molecule has 0 spiro atoms. The van der Waals surface area contributed by atoms with E-state index in [-0.39, 0.29) is 17.8 Å². The van der Waals surface area contributed by atoms with Gasteiger partial charge in [0, 0.05) is 23.2 Å². The molecule has 3 aromatic rings. The van der Waals surface area contributed by atoms with Crippen molar-refractivity contribution in [3.8, 4) is 5.75 Å². The number of ether oxygens (including phenoxy) is 2. The van der Waals surface area contributed by atoms with Gasteiger partial charge in [0.15, 0.2) is 11.3 Å². The number of rotatable bonds is 4. The Labute approximate surface area is 123 Å². The molecule has 3 rings (SSSR count). The predicted octanol–water partition coefficient (Wildman–Crippen LogP) is 3.30. The van der Waals surface area contributed by atoms with Crippen LogP contribution < -0.4 is 4.74 Å². The van der Waals surface area contributed by atoms with E-state index < -0.39 is 12.6 Å². The molecule has 0 saturated carbocycles. The zero-order valence-electron chi connectivity index (χ0n) is 11.5. The minimum absolute atomic E-state index is 0.00845. The standard InChI is InChI=1S/C15H11F2NO4/c1-20-12(19)6-8-2-3-11(22-15(16)17)14-13(8)9-7-18-5-4-10(9)21-14/h2-5,7,15H,6H2,1H3. The van der Waals surface area contributed by atoms with Crippen LogP contribution in [0, 0.1) is 0 Å². The highest BCUT2D eigenvalue weighted by Gasteiger charge is 2.19. The van der Waals surface area contributed by atoms with Crippen molar-refractivity contribution < 1.29 is 27.5 Å². The molecule has 22 heavy (non-hydrogen) atoms. The van der Waals surface area contributed by atoms with Gasteiger partial charge in [-0.15, -0.1) is 0 Å². The average molecular weight is 307 g/mol. The summed E-state index contributed by atoms with van der Waals surface area (Å²) in [6, 6.07) is 4.50. The Kier molecular flexibility index (Phi) is 3.62. The van der Waals surface area contributed by atoms with Gasteiger partial charge in [-0.25, -0.2) is 0 Å². The second-order valence-corrected chi connectivity index (χ2v) is 4.53. The molecule has 0 aliphatic heterocycles. The van der Waals surface area contributed by atoms with E-state index in [1.54, 1.807) is 18.3 Å².